The first-order chi connectivity index (χ1) is 15.1. The van der Waals surface area contributed by atoms with E-state index in [4.69, 9.17) is 4.74 Å². The van der Waals surface area contributed by atoms with Crippen molar-refractivity contribution in [2.45, 2.75) is 45.3 Å². The minimum Gasteiger partial charge on any atom is -0.484 e. The van der Waals surface area contributed by atoms with E-state index in [1.165, 1.54) is 6.42 Å². The molecule has 3 aromatic rings. The molecule has 162 valence electrons. The van der Waals surface area contributed by atoms with Gasteiger partial charge in [0.15, 0.2) is 6.61 Å². The maximum atomic E-state index is 13.0. The molecule has 1 aliphatic rings. The van der Waals surface area contributed by atoms with Gasteiger partial charge in [0.2, 0.25) is 5.91 Å². The van der Waals surface area contributed by atoms with E-state index in [2.05, 4.69) is 17.2 Å². The molecule has 1 aromatic heterocycles. The van der Waals surface area contributed by atoms with Crippen LogP contribution in [0.15, 0.2) is 54.6 Å². The number of likely N-dealkylation sites (tertiary alicyclic amines) is 1. The quantitative estimate of drug-likeness (QED) is 0.637. The van der Waals surface area contributed by atoms with Crippen molar-refractivity contribution in [3.05, 3.63) is 60.4 Å². The molecule has 1 fully saturated rings. The Morgan fingerprint density at radius 2 is 1.87 bits per heavy atom. The molecular weight excluding hydrogens is 392 g/mol. The molecule has 7 heteroatoms. The number of carbonyl (C=O) groups excluding carboxylic acids is 2. The molecule has 0 spiro atoms. The molecule has 0 aliphatic carbocycles. The largest absolute Gasteiger partial charge is 0.484 e. The lowest BCUT2D eigenvalue weighted by Crippen LogP contribution is -2.43. The fourth-order valence-electron chi connectivity index (χ4n) is 4.03. The van der Waals surface area contributed by atoms with E-state index >= 15 is 0 Å². The zero-order valence-corrected chi connectivity index (χ0v) is 17.8. The molecule has 2 aromatic carbocycles. The number of ether oxygens (including phenoxy) is 1. The van der Waals surface area contributed by atoms with Crippen molar-refractivity contribution in [2.75, 3.05) is 13.2 Å². The van der Waals surface area contributed by atoms with Crippen molar-refractivity contribution in [3.8, 4) is 5.75 Å². The Kier molecular flexibility index (Phi) is 6.50. The van der Waals surface area contributed by atoms with Crippen LogP contribution >= 0.6 is 0 Å². The summed E-state index contributed by atoms with van der Waals surface area (Å²) in [4.78, 5) is 31.9. The molecule has 1 saturated heterocycles. The maximum absolute atomic E-state index is 13.0. The number of hydrogen-bond donors (Lipinski definition) is 1. The van der Waals surface area contributed by atoms with Crippen LogP contribution in [0.4, 0.5) is 0 Å². The highest BCUT2D eigenvalue weighted by Crippen LogP contribution is 2.20. The Bertz CT molecular complexity index is 1050. The Hall–Kier alpha value is -3.35. The van der Waals surface area contributed by atoms with Gasteiger partial charge in [0.05, 0.1) is 17.6 Å². The number of fused-ring (bicyclic) bond motifs is 1. The molecule has 1 atom stereocenters. The second kappa shape index (κ2) is 9.64. The summed E-state index contributed by atoms with van der Waals surface area (Å²) in [7, 11) is 0. The van der Waals surface area contributed by atoms with Crippen LogP contribution in [0.3, 0.4) is 0 Å². The Labute approximate surface area is 182 Å². The number of benzene rings is 2. The summed E-state index contributed by atoms with van der Waals surface area (Å²) >= 11 is 0. The van der Waals surface area contributed by atoms with Gasteiger partial charge in [0.25, 0.3) is 5.91 Å². The average molecular weight is 421 g/mol. The lowest BCUT2D eigenvalue weighted by Gasteiger charge is -2.33. The van der Waals surface area contributed by atoms with Crippen LogP contribution in [-0.2, 0) is 22.7 Å². The monoisotopic (exact) mass is 420 g/mol. The van der Waals surface area contributed by atoms with E-state index in [0.717, 1.165) is 30.4 Å². The minimum absolute atomic E-state index is 0.0749. The van der Waals surface area contributed by atoms with Crippen molar-refractivity contribution < 1.29 is 14.3 Å². The lowest BCUT2D eigenvalue weighted by molar-refractivity contribution is -0.135. The van der Waals surface area contributed by atoms with Gasteiger partial charge in [-0.1, -0.05) is 30.3 Å². The number of para-hydroxylation sites is 3. The highest BCUT2D eigenvalue weighted by molar-refractivity contribution is 5.82. The zero-order chi connectivity index (χ0) is 21.6. The molecule has 0 saturated carbocycles. The van der Waals surface area contributed by atoms with E-state index in [1.54, 1.807) is 12.1 Å². The van der Waals surface area contributed by atoms with E-state index in [-0.39, 0.29) is 37.6 Å². The standard InChI is InChI=1S/C24H28N4O3/c1-18-9-7-8-14-27(18)24(30)16-28-21-13-6-5-12-20(21)26-22(28)15-25-23(29)17-31-19-10-3-2-4-11-19/h2-6,10-13,18H,7-9,14-17H2,1H3,(H,25,29). The van der Waals surface area contributed by atoms with Gasteiger partial charge in [-0.15, -0.1) is 0 Å². The van der Waals surface area contributed by atoms with Crippen molar-refractivity contribution in [1.29, 1.82) is 0 Å². The number of amides is 2. The molecule has 7 nitrogen and oxygen atoms in total. The van der Waals surface area contributed by atoms with Gasteiger partial charge < -0.3 is 19.5 Å². The van der Waals surface area contributed by atoms with E-state index < -0.39 is 0 Å². The molecular formula is C24H28N4O3. The van der Waals surface area contributed by atoms with Crippen LogP contribution in [0.2, 0.25) is 0 Å². The summed E-state index contributed by atoms with van der Waals surface area (Å²) in [6.45, 7) is 3.28. The van der Waals surface area contributed by atoms with Crippen molar-refractivity contribution in [3.63, 3.8) is 0 Å². The lowest BCUT2D eigenvalue weighted by atomic mass is 10.0. The number of aromatic nitrogens is 2. The van der Waals surface area contributed by atoms with Crippen LogP contribution in [0.1, 0.15) is 32.0 Å². The van der Waals surface area contributed by atoms with E-state index in [1.807, 2.05) is 51.9 Å². The second-order valence-corrected chi connectivity index (χ2v) is 7.91. The van der Waals surface area contributed by atoms with Crippen LogP contribution in [0.25, 0.3) is 11.0 Å². The SMILES string of the molecule is CC1CCCCN1C(=O)Cn1c(CNC(=O)COc2ccccc2)nc2ccccc21. The molecule has 0 bridgehead atoms. The van der Waals surface area contributed by atoms with Gasteiger partial charge in [-0.05, 0) is 50.5 Å². The first-order valence-corrected chi connectivity index (χ1v) is 10.8. The number of hydrogen-bond acceptors (Lipinski definition) is 4. The summed E-state index contributed by atoms with van der Waals surface area (Å²) in [6.07, 6.45) is 3.26. The van der Waals surface area contributed by atoms with Crippen LogP contribution in [0.5, 0.6) is 5.75 Å². The molecule has 1 unspecified atom stereocenters. The summed E-state index contributed by atoms with van der Waals surface area (Å²) in [5, 5.41) is 2.86. The molecule has 2 amide bonds. The van der Waals surface area contributed by atoms with Gasteiger partial charge >= 0.3 is 0 Å². The minimum atomic E-state index is -0.238. The summed E-state index contributed by atoms with van der Waals surface area (Å²) in [5.41, 5.74) is 1.71. The van der Waals surface area contributed by atoms with E-state index in [0.29, 0.717) is 11.6 Å². The summed E-state index contributed by atoms with van der Waals surface area (Å²) in [5.74, 6) is 1.16. The Morgan fingerprint density at radius 1 is 1.10 bits per heavy atom. The fourth-order valence-corrected chi connectivity index (χ4v) is 4.03. The van der Waals surface area contributed by atoms with Crippen LogP contribution < -0.4 is 10.1 Å². The van der Waals surface area contributed by atoms with Gasteiger partial charge in [-0.2, -0.15) is 0 Å². The number of carbonyl (C=O) groups is 2. The number of piperidine rings is 1. The van der Waals surface area contributed by atoms with Gasteiger partial charge in [-0.3, -0.25) is 9.59 Å². The highest BCUT2D eigenvalue weighted by atomic mass is 16.5. The van der Waals surface area contributed by atoms with Crippen LogP contribution in [-0.4, -0.2) is 45.5 Å². The Balaban J connectivity index is 1.44. The maximum Gasteiger partial charge on any atom is 0.258 e. The summed E-state index contributed by atoms with van der Waals surface area (Å²) in [6, 6.07) is 17.2. The Morgan fingerprint density at radius 3 is 2.68 bits per heavy atom. The third-order valence-electron chi connectivity index (χ3n) is 5.71. The van der Waals surface area contributed by atoms with Gasteiger partial charge in [0, 0.05) is 12.6 Å². The van der Waals surface area contributed by atoms with Crippen molar-refractivity contribution >= 4 is 22.8 Å². The predicted molar refractivity (Wildman–Crippen MR) is 119 cm³/mol. The van der Waals surface area contributed by atoms with E-state index in [9.17, 15) is 9.59 Å². The van der Waals surface area contributed by atoms with Gasteiger partial charge in [-0.25, -0.2) is 4.98 Å². The van der Waals surface area contributed by atoms with Crippen LogP contribution in [0, 0.1) is 0 Å². The third-order valence-corrected chi connectivity index (χ3v) is 5.71. The smallest absolute Gasteiger partial charge is 0.258 e. The topological polar surface area (TPSA) is 76.5 Å². The molecule has 4 rings (SSSR count). The molecule has 0 radical (unpaired) electrons. The first-order valence-electron chi connectivity index (χ1n) is 10.8. The molecule has 2 heterocycles. The third kappa shape index (κ3) is 5.05. The molecule has 1 N–H and O–H groups in total. The fraction of sp³-hybridized carbons (Fsp3) is 0.375. The number of rotatable bonds is 7. The average Bonchev–Trinajstić information content (AvgIpc) is 3.14. The van der Waals surface area contributed by atoms with Crippen molar-refractivity contribution in [1.82, 2.24) is 19.8 Å². The number of imidazole rings is 1. The molecule has 31 heavy (non-hydrogen) atoms. The second-order valence-electron chi connectivity index (χ2n) is 7.91. The normalized spacial score (nSPS) is 16.3. The summed E-state index contributed by atoms with van der Waals surface area (Å²) < 4.78 is 7.42. The van der Waals surface area contributed by atoms with Gasteiger partial charge in [0.1, 0.15) is 18.1 Å². The molecule has 1 aliphatic heterocycles. The number of nitrogens with one attached hydrogen (secondary N) is 1. The van der Waals surface area contributed by atoms with Crippen molar-refractivity contribution in [2.24, 2.45) is 0 Å². The predicted octanol–water partition coefficient (Wildman–Crippen LogP) is 3.13. The zero-order valence-electron chi connectivity index (χ0n) is 17.8. The first kappa shape index (κ1) is 20.9. The highest BCUT2D eigenvalue weighted by Gasteiger charge is 2.24. The number of nitrogens with zero attached hydrogens (tertiary/aromatic N) is 3.